The number of aromatic amines is 2. The third-order valence-corrected chi connectivity index (χ3v) is 5.61. The fourth-order valence-electron chi connectivity index (χ4n) is 3.09. The summed E-state index contributed by atoms with van der Waals surface area (Å²) in [6.07, 6.45) is 0.833. The van der Waals surface area contributed by atoms with E-state index in [1.807, 2.05) is 17.4 Å². The van der Waals surface area contributed by atoms with Crippen LogP contribution in [-0.2, 0) is 19.5 Å². The van der Waals surface area contributed by atoms with Gasteiger partial charge in [-0.15, -0.1) is 11.3 Å². The van der Waals surface area contributed by atoms with Crippen LogP contribution in [0.15, 0.2) is 47.3 Å². The average Bonchev–Trinajstić information content (AvgIpc) is 3.05. The second-order valence-corrected chi connectivity index (χ2v) is 7.53. The molecular formula is C18H17N3OS2. The summed E-state index contributed by atoms with van der Waals surface area (Å²) in [5.74, 6) is 0. The van der Waals surface area contributed by atoms with Crippen molar-refractivity contribution in [3.8, 4) is 10.4 Å². The van der Waals surface area contributed by atoms with Crippen LogP contribution in [0.2, 0.25) is 0 Å². The zero-order chi connectivity index (χ0) is 16.5. The highest BCUT2D eigenvalue weighted by Crippen LogP contribution is 2.29. The molecule has 4 nitrogen and oxygen atoms in total. The molecule has 1 aromatic carbocycles. The van der Waals surface area contributed by atoms with E-state index in [1.54, 1.807) is 0 Å². The van der Waals surface area contributed by atoms with Crippen molar-refractivity contribution in [3.05, 3.63) is 73.7 Å². The van der Waals surface area contributed by atoms with E-state index in [0.29, 0.717) is 11.3 Å². The average molecular weight is 355 g/mol. The van der Waals surface area contributed by atoms with Crippen molar-refractivity contribution in [3.63, 3.8) is 0 Å². The molecule has 24 heavy (non-hydrogen) atoms. The number of aromatic nitrogens is 2. The molecule has 2 N–H and O–H groups in total. The number of hydrogen-bond acceptors (Lipinski definition) is 4. The van der Waals surface area contributed by atoms with Crippen LogP contribution in [0.5, 0.6) is 0 Å². The number of fused-ring (bicyclic) bond motifs is 1. The van der Waals surface area contributed by atoms with E-state index in [1.165, 1.54) is 15.3 Å². The molecule has 6 heteroatoms. The monoisotopic (exact) mass is 355 g/mol. The zero-order valence-corrected chi connectivity index (χ0v) is 14.7. The predicted molar refractivity (Wildman–Crippen MR) is 99.8 cm³/mol. The van der Waals surface area contributed by atoms with Gasteiger partial charge in [-0.05, 0) is 29.9 Å². The molecular weight excluding hydrogens is 338 g/mol. The Hall–Kier alpha value is -2.02. The molecule has 1 aliphatic rings. The Balaban J connectivity index is 1.52. The maximum Gasteiger partial charge on any atom is 0.256 e. The summed E-state index contributed by atoms with van der Waals surface area (Å²) in [4.78, 5) is 22.8. The lowest BCUT2D eigenvalue weighted by Gasteiger charge is -2.27. The molecule has 0 amide bonds. The molecule has 3 heterocycles. The predicted octanol–water partition coefficient (Wildman–Crippen LogP) is 3.72. The first kappa shape index (κ1) is 15.5. The molecule has 0 saturated heterocycles. The van der Waals surface area contributed by atoms with Crippen molar-refractivity contribution >= 4 is 23.6 Å². The molecule has 4 rings (SSSR count). The first-order valence-corrected chi connectivity index (χ1v) is 9.12. The summed E-state index contributed by atoms with van der Waals surface area (Å²) in [5.41, 5.74) is 2.99. The maximum absolute atomic E-state index is 12.1. The van der Waals surface area contributed by atoms with Gasteiger partial charge in [0.05, 0.1) is 5.56 Å². The smallest absolute Gasteiger partial charge is 0.256 e. The summed E-state index contributed by atoms with van der Waals surface area (Å²) in [5, 5.41) is 0. The molecule has 0 unspecified atom stereocenters. The second-order valence-electron chi connectivity index (χ2n) is 5.96. The minimum atomic E-state index is -0.0606. The minimum absolute atomic E-state index is 0.0606. The van der Waals surface area contributed by atoms with Gasteiger partial charge in [-0.3, -0.25) is 14.7 Å². The van der Waals surface area contributed by atoms with E-state index in [4.69, 9.17) is 12.2 Å². The quantitative estimate of drug-likeness (QED) is 0.704. The van der Waals surface area contributed by atoms with Crippen LogP contribution in [0.4, 0.5) is 0 Å². The largest absolute Gasteiger partial charge is 0.335 e. The summed E-state index contributed by atoms with van der Waals surface area (Å²) >= 11 is 6.86. The Bertz CT molecular complexity index is 972. The van der Waals surface area contributed by atoms with E-state index < -0.39 is 0 Å². The number of thiophene rings is 1. The van der Waals surface area contributed by atoms with Gasteiger partial charge in [-0.1, -0.05) is 30.3 Å². The maximum atomic E-state index is 12.1. The van der Waals surface area contributed by atoms with Crippen molar-refractivity contribution in [2.75, 3.05) is 6.54 Å². The number of nitrogens with one attached hydrogen (secondary N) is 2. The summed E-state index contributed by atoms with van der Waals surface area (Å²) in [6.45, 7) is 2.46. The van der Waals surface area contributed by atoms with E-state index >= 15 is 0 Å². The molecule has 0 saturated carbocycles. The summed E-state index contributed by atoms with van der Waals surface area (Å²) in [6, 6.07) is 14.8. The fraction of sp³-hybridized carbons (Fsp3) is 0.222. The van der Waals surface area contributed by atoms with Crippen LogP contribution in [0.1, 0.15) is 16.1 Å². The van der Waals surface area contributed by atoms with Gasteiger partial charge >= 0.3 is 0 Å². The summed E-state index contributed by atoms with van der Waals surface area (Å²) < 4.78 is 0.415. The van der Waals surface area contributed by atoms with Crippen LogP contribution < -0.4 is 5.56 Å². The van der Waals surface area contributed by atoms with Gasteiger partial charge in [0.25, 0.3) is 5.56 Å². The lowest BCUT2D eigenvalue weighted by atomic mass is 10.1. The third-order valence-electron chi connectivity index (χ3n) is 4.29. The Morgan fingerprint density at radius 1 is 1.12 bits per heavy atom. The van der Waals surface area contributed by atoms with Crippen molar-refractivity contribution in [2.24, 2.45) is 0 Å². The van der Waals surface area contributed by atoms with Crippen LogP contribution in [0.3, 0.4) is 0 Å². The molecule has 122 valence electrons. The molecule has 0 atom stereocenters. The molecule has 0 spiro atoms. The van der Waals surface area contributed by atoms with Gasteiger partial charge in [0.15, 0.2) is 4.77 Å². The number of hydrogen-bond donors (Lipinski definition) is 2. The lowest BCUT2D eigenvalue weighted by Crippen LogP contribution is -2.35. The zero-order valence-electron chi connectivity index (χ0n) is 13.0. The Morgan fingerprint density at radius 2 is 1.96 bits per heavy atom. The lowest BCUT2D eigenvalue weighted by molar-refractivity contribution is 0.243. The van der Waals surface area contributed by atoms with Gasteiger partial charge in [0.1, 0.15) is 0 Å². The number of nitrogens with zero attached hydrogens (tertiary/aromatic N) is 1. The SMILES string of the molecule is O=c1[nH]c(=S)[nH]c2c1CN(Cc1ccc(-c3ccccc3)s1)CC2. The molecule has 0 aliphatic carbocycles. The van der Waals surface area contributed by atoms with Gasteiger partial charge < -0.3 is 4.98 Å². The highest BCUT2D eigenvalue weighted by atomic mass is 32.1. The van der Waals surface area contributed by atoms with Crippen LogP contribution in [-0.4, -0.2) is 21.4 Å². The minimum Gasteiger partial charge on any atom is -0.335 e. The Morgan fingerprint density at radius 3 is 2.79 bits per heavy atom. The van der Waals surface area contributed by atoms with Crippen molar-refractivity contribution in [2.45, 2.75) is 19.5 Å². The summed E-state index contributed by atoms with van der Waals surface area (Å²) in [7, 11) is 0. The van der Waals surface area contributed by atoms with E-state index in [0.717, 1.165) is 30.8 Å². The molecule has 3 aromatic rings. The molecule has 2 aromatic heterocycles. The molecule has 1 aliphatic heterocycles. The van der Waals surface area contributed by atoms with E-state index in [-0.39, 0.29) is 5.56 Å². The first-order valence-electron chi connectivity index (χ1n) is 7.90. The first-order chi connectivity index (χ1) is 11.7. The highest BCUT2D eigenvalue weighted by Gasteiger charge is 2.20. The van der Waals surface area contributed by atoms with E-state index in [2.05, 4.69) is 51.3 Å². The highest BCUT2D eigenvalue weighted by molar-refractivity contribution is 7.71. The van der Waals surface area contributed by atoms with Crippen molar-refractivity contribution in [1.29, 1.82) is 0 Å². The molecule has 0 radical (unpaired) electrons. The Labute approximate surface area is 148 Å². The van der Waals surface area contributed by atoms with Crippen LogP contribution in [0, 0.1) is 4.77 Å². The molecule has 0 bridgehead atoms. The second kappa shape index (κ2) is 6.47. The Kier molecular flexibility index (Phi) is 4.18. The molecule has 0 fully saturated rings. The van der Waals surface area contributed by atoms with E-state index in [9.17, 15) is 4.79 Å². The van der Waals surface area contributed by atoms with Crippen LogP contribution in [0.25, 0.3) is 10.4 Å². The van der Waals surface area contributed by atoms with Crippen molar-refractivity contribution in [1.82, 2.24) is 14.9 Å². The van der Waals surface area contributed by atoms with Gasteiger partial charge in [0, 0.05) is 41.5 Å². The normalized spacial score (nSPS) is 14.5. The van der Waals surface area contributed by atoms with Crippen molar-refractivity contribution < 1.29 is 0 Å². The van der Waals surface area contributed by atoms with Gasteiger partial charge in [-0.25, -0.2) is 0 Å². The standard InChI is InChI=1S/C18H17N3OS2/c22-17-14-11-21(9-8-15(14)19-18(23)20-17)10-13-6-7-16(24-13)12-4-2-1-3-5-12/h1-7H,8-11H2,(H2,19,20,22,23). The third kappa shape index (κ3) is 3.13. The van der Waals surface area contributed by atoms with Gasteiger partial charge in [-0.2, -0.15) is 0 Å². The number of H-pyrrole nitrogens is 2. The number of rotatable bonds is 3. The topological polar surface area (TPSA) is 51.9 Å². The van der Waals surface area contributed by atoms with Gasteiger partial charge in [0.2, 0.25) is 0 Å². The van der Waals surface area contributed by atoms with Crippen LogP contribution >= 0.6 is 23.6 Å². The fourth-order valence-corrected chi connectivity index (χ4v) is 4.36. The number of benzene rings is 1.